The van der Waals surface area contributed by atoms with Gasteiger partial charge in [0.15, 0.2) is 5.13 Å². The van der Waals surface area contributed by atoms with E-state index in [2.05, 4.69) is 43.2 Å². The molecule has 1 aromatic heterocycles. The van der Waals surface area contributed by atoms with Crippen LogP contribution in [-0.2, 0) is 0 Å². The molecule has 0 spiro atoms. The zero-order valence-electron chi connectivity index (χ0n) is 16.1. The van der Waals surface area contributed by atoms with Crippen LogP contribution in [0.2, 0.25) is 0 Å². The number of hydrogen-bond donors (Lipinski definition) is 1. The van der Waals surface area contributed by atoms with Gasteiger partial charge in [-0.2, -0.15) is 0 Å². The van der Waals surface area contributed by atoms with Crippen molar-refractivity contribution < 1.29 is 9.53 Å². The second-order valence-corrected chi connectivity index (χ2v) is 7.97. The summed E-state index contributed by atoms with van der Waals surface area (Å²) in [5.74, 6) is 1.11. The Kier molecular flexibility index (Phi) is 6.45. The number of fused-ring (bicyclic) bond motifs is 1. The summed E-state index contributed by atoms with van der Waals surface area (Å²) in [5.41, 5.74) is 2.78. The van der Waals surface area contributed by atoms with E-state index in [0.29, 0.717) is 23.2 Å². The second-order valence-electron chi connectivity index (χ2n) is 6.93. The molecule has 0 unspecified atom stereocenters. The Bertz CT molecular complexity index is 900. The lowest BCUT2D eigenvalue weighted by Crippen LogP contribution is -2.11. The number of hydrogen-bond acceptors (Lipinski definition) is 4. The molecule has 0 saturated carbocycles. The molecular weight excluding hydrogens is 356 g/mol. The van der Waals surface area contributed by atoms with E-state index in [1.54, 1.807) is 12.1 Å². The number of carbonyl (C=O) groups is 1. The topological polar surface area (TPSA) is 51.2 Å². The maximum absolute atomic E-state index is 12.5. The van der Waals surface area contributed by atoms with Crippen molar-refractivity contribution in [3.63, 3.8) is 0 Å². The Balaban J connectivity index is 1.63. The molecule has 1 N–H and O–H groups in total. The highest BCUT2D eigenvalue weighted by Gasteiger charge is 2.11. The van der Waals surface area contributed by atoms with E-state index in [-0.39, 0.29) is 5.91 Å². The van der Waals surface area contributed by atoms with E-state index < -0.39 is 0 Å². The largest absolute Gasteiger partial charge is 0.494 e. The molecule has 142 valence electrons. The third-order valence-corrected chi connectivity index (χ3v) is 5.37. The van der Waals surface area contributed by atoms with Crippen LogP contribution in [0.5, 0.6) is 5.75 Å². The second kappa shape index (κ2) is 9.00. The normalized spacial score (nSPS) is 11.1. The van der Waals surface area contributed by atoms with Gasteiger partial charge in [0.2, 0.25) is 0 Å². The summed E-state index contributed by atoms with van der Waals surface area (Å²) >= 11 is 1.50. The van der Waals surface area contributed by atoms with Crippen LogP contribution in [0.1, 0.15) is 61.9 Å². The summed E-state index contributed by atoms with van der Waals surface area (Å²) in [6, 6.07) is 13.5. The van der Waals surface area contributed by atoms with Crippen molar-refractivity contribution in [1.82, 2.24) is 4.98 Å². The van der Waals surface area contributed by atoms with E-state index in [1.807, 2.05) is 18.2 Å². The lowest BCUT2D eigenvalue weighted by atomic mass is 10.0. The highest BCUT2D eigenvalue weighted by molar-refractivity contribution is 7.22. The van der Waals surface area contributed by atoms with Gasteiger partial charge in [-0.05, 0) is 54.3 Å². The molecule has 0 bridgehead atoms. The molecule has 0 aliphatic heterocycles. The molecule has 1 heterocycles. The number of nitrogens with one attached hydrogen (secondary N) is 1. The first kappa shape index (κ1) is 19.4. The summed E-state index contributed by atoms with van der Waals surface area (Å²) in [6.07, 6.45) is 3.39. The third-order valence-electron chi connectivity index (χ3n) is 4.43. The molecule has 3 aromatic rings. The van der Waals surface area contributed by atoms with E-state index in [1.165, 1.54) is 29.7 Å². The molecule has 0 atom stereocenters. The fraction of sp³-hybridized carbons (Fsp3) is 0.364. The summed E-state index contributed by atoms with van der Waals surface area (Å²) in [4.78, 5) is 17.0. The quantitative estimate of drug-likeness (QED) is 0.469. The predicted octanol–water partition coefficient (Wildman–Crippen LogP) is 6.24. The lowest BCUT2D eigenvalue weighted by Gasteiger charge is -2.06. The number of benzene rings is 2. The summed E-state index contributed by atoms with van der Waals surface area (Å²) < 4.78 is 6.78. The first-order valence-corrected chi connectivity index (χ1v) is 10.3. The van der Waals surface area contributed by atoms with Gasteiger partial charge in [-0.15, -0.1) is 0 Å². The third kappa shape index (κ3) is 5.07. The number of amides is 1. The maximum Gasteiger partial charge on any atom is 0.257 e. The van der Waals surface area contributed by atoms with E-state index in [4.69, 9.17) is 4.74 Å². The average molecular weight is 383 g/mol. The van der Waals surface area contributed by atoms with Gasteiger partial charge in [0, 0.05) is 5.56 Å². The molecule has 0 aliphatic rings. The summed E-state index contributed by atoms with van der Waals surface area (Å²) in [7, 11) is 0. The Labute approximate surface area is 164 Å². The molecular formula is C22H26N2O2S. The zero-order chi connectivity index (χ0) is 19.2. The predicted molar refractivity (Wildman–Crippen MR) is 113 cm³/mol. The van der Waals surface area contributed by atoms with Crippen LogP contribution >= 0.6 is 11.3 Å². The van der Waals surface area contributed by atoms with Gasteiger partial charge in [0.25, 0.3) is 5.91 Å². The Morgan fingerprint density at radius 1 is 1.15 bits per heavy atom. The first-order valence-electron chi connectivity index (χ1n) is 9.51. The Morgan fingerprint density at radius 3 is 2.63 bits per heavy atom. The smallest absolute Gasteiger partial charge is 0.257 e. The number of thiazole rings is 1. The zero-order valence-corrected chi connectivity index (χ0v) is 16.9. The van der Waals surface area contributed by atoms with Crippen molar-refractivity contribution in [3.8, 4) is 5.75 Å². The Morgan fingerprint density at radius 2 is 1.93 bits per heavy atom. The Hall–Kier alpha value is -2.40. The van der Waals surface area contributed by atoms with Crippen LogP contribution in [0.25, 0.3) is 10.2 Å². The van der Waals surface area contributed by atoms with Gasteiger partial charge in [-0.1, -0.05) is 51.0 Å². The first-order chi connectivity index (χ1) is 13.1. The molecule has 0 fully saturated rings. The van der Waals surface area contributed by atoms with Crippen molar-refractivity contribution in [2.24, 2.45) is 0 Å². The maximum atomic E-state index is 12.5. The molecule has 1 amide bonds. The van der Waals surface area contributed by atoms with Crippen LogP contribution in [-0.4, -0.2) is 17.5 Å². The van der Waals surface area contributed by atoms with Crippen LogP contribution in [0.3, 0.4) is 0 Å². The van der Waals surface area contributed by atoms with E-state index in [0.717, 1.165) is 22.4 Å². The van der Waals surface area contributed by atoms with Gasteiger partial charge in [0.05, 0.1) is 16.8 Å². The van der Waals surface area contributed by atoms with Crippen molar-refractivity contribution in [1.29, 1.82) is 0 Å². The van der Waals surface area contributed by atoms with Gasteiger partial charge in [0.1, 0.15) is 5.75 Å². The van der Waals surface area contributed by atoms with Crippen LogP contribution in [0.15, 0.2) is 42.5 Å². The molecule has 27 heavy (non-hydrogen) atoms. The average Bonchev–Trinajstić information content (AvgIpc) is 3.07. The van der Waals surface area contributed by atoms with Crippen LogP contribution in [0.4, 0.5) is 5.13 Å². The highest BCUT2D eigenvalue weighted by atomic mass is 32.1. The number of carbonyl (C=O) groups excluding carboxylic acids is 1. The van der Waals surface area contributed by atoms with Gasteiger partial charge in [-0.3, -0.25) is 10.1 Å². The summed E-state index contributed by atoms with van der Waals surface area (Å²) in [5, 5.41) is 3.52. The lowest BCUT2D eigenvalue weighted by molar-refractivity contribution is 0.102. The molecule has 0 saturated heterocycles. The summed E-state index contributed by atoms with van der Waals surface area (Å²) in [6.45, 7) is 7.22. The molecule has 4 nitrogen and oxygen atoms in total. The molecule has 2 aromatic carbocycles. The fourth-order valence-corrected chi connectivity index (χ4v) is 3.68. The SMILES string of the molecule is CCCCCOc1ccc(C(=O)Nc2nc3ccc(C(C)C)cc3s2)cc1. The fourth-order valence-electron chi connectivity index (χ4n) is 2.77. The number of aromatic nitrogens is 1. The number of rotatable bonds is 8. The van der Waals surface area contributed by atoms with Gasteiger partial charge in [-0.25, -0.2) is 4.98 Å². The highest BCUT2D eigenvalue weighted by Crippen LogP contribution is 2.29. The van der Waals surface area contributed by atoms with Crippen molar-refractivity contribution in [2.45, 2.75) is 46.0 Å². The van der Waals surface area contributed by atoms with Crippen molar-refractivity contribution >= 4 is 32.6 Å². The monoisotopic (exact) mass is 382 g/mol. The van der Waals surface area contributed by atoms with E-state index >= 15 is 0 Å². The minimum atomic E-state index is -0.157. The molecule has 0 aliphatic carbocycles. The number of ether oxygens (including phenoxy) is 1. The number of nitrogens with zero attached hydrogens (tertiary/aromatic N) is 1. The standard InChI is InChI=1S/C22H26N2O2S/c1-4-5-6-13-26-18-10-7-16(8-11-18)21(25)24-22-23-19-12-9-17(15(2)3)14-20(19)27-22/h7-12,14-15H,4-6,13H2,1-3H3,(H,23,24,25). The minimum absolute atomic E-state index is 0.157. The molecule has 5 heteroatoms. The van der Waals surface area contributed by atoms with Gasteiger partial charge >= 0.3 is 0 Å². The van der Waals surface area contributed by atoms with Crippen LogP contribution < -0.4 is 10.1 Å². The van der Waals surface area contributed by atoms with Crippen molar-refractivity contribution in [2.75, 3.05) is 11.9 Å². The van der Waals surface area contributed by atoms with Crippen molar-refractivity contribution in [3.05, 3.63) is 53.6 Å². The molecule has 3 rings (SSSR count). The number of anilines is 1. The van der Waals surface area contributed by atoms with E-state index in [9.17, 15) is 4.79 Å². The molecule has 0 radical (unpaired) electrons. The van der Waals surface area contributed by atoms with Crippen LogP contribution in [0, 0.1) is 0 Å². The van der Waals surface area contributed by atoms with Gasteiger partial charge < -0.3 is 4.74 Å². The minimum Gasteiger partial charge on any atom is -0.494 e. The number of unbranched alkanes of at least 4 members (excludes halogenated alkanes) is 2.